The Kier molecular flexibility index (Phi) is 11.5. The molecule has 2 aromatic rings. The van der Waals surface area contributed by atoms with Crippen LogP contribution < -0.4 is 20.1 Å². The highest BCUT2D eigenvalue weighted by Crippen LogP contribution is 2.27. The highest BCUT2D eigenvalue weighted by Gasteiger charge is 2.13. The fraction of sp³-hybridized carbons (Fsp3) is 0.524. The van der Waals surface area contributed by atoms with Crippen molar-refractivity contribution >= 4 is 29.9 Å². The predicted molar refractivity (Wildman–Crippen MR) is 127 cm³/mol. The topological polar surface area (TPSA) is 80.9 Å². The first-order chi connectivity index (χ1) is 13.6. The van der Waals surface area contributed by atoms with Crippen LogP contribution in [0.3, 0.4) is 0 Å². The van der Waals surface area contributed by atoms with Gasteiger partial charge in [-0.1, -0.05) is 25.1 Å². The van der Waals surface area contributed by atoms with Gasteiger partial charge in [-0.05, 0) is 37.0 Å². The number of aromatic nitrogens is 1. The molecule has 0 unspecified atom stereocenters. The zero-order chi connectivity index (χ0) is 20.4. The predicted octanol–water partition coefficient (Wildman–Crippen LogP) is 4.12. The van der Waals surface area contributed by atoms with Crippen LogP contribution in [0.4, 0.5) is 0 Å². The molecule has 8 heteroatoms. The number of guanidine groups is 1. The summed E-state index contributed by atoms with van der Waals surface area (Å²) in [6.07, 6.45) is 2.97. The lowest BCUT2D eigenvalue weighted by molar-refractivity contribution is 0.354. The Bertz CT molecular complexity index is 760. The maximum absolute atomic E-state index is 5.44. The van der Waals surface area contributed by atoms with Crippen molar-refractivity contribution in [2.24, 2.45) is 4.99 Å². The van der Waals surface area contributed by atoms with Gasteiger partial charge in [0.2, 0.25) is 0 Å². The van der Waals surface area contributed by atoms with Crippen molar-refractivity contribution < 1.29 is 14.0 Å². The smallest absolute Gasteiger partial charge is 0.191 e. The summed E-state index contributed by atoms with van der Waals surface area (Å²) >= 11 is 0. The van der Waals surface area contributed by atoms with Crippen LogP contribution in [0.25, 0.3) is 0 Å². The minimum Gasteiger partial charge on any atom is -0.493 e. The average molecular weight is 516 g/mol. The number of rotatable bonds is 10. The van der Waals surface area contributed by atoms with E-state index in [0.717, 1.165) is 60.3 Å². The lowest BCUT2D eigenvalue weighted by Crippen LogP contribution is -2.37. The molecule has 7 nitrogen and oxygen atoms in total. The van der Waals surface area contributed by atoms with Crippen LogP contribution in [0.5, 0.6) is 11.5 Å². The third-order valence-electron chi connectivity index (χ3n) is 4.79. The Morgan fingerprint density at radius 2 is 1.83 bits per heavy atom. The first-order valence-electron chi connectivity index (χ1n) is 9.75. The summed E-state index contributed by atoms with van der Waals surface area (Å²) < 4.78 is 16.1. The maximum atomic E-state index is 5.44. The molecule has 1 aromatic carbocycles. The Morgan fingerprint density at radius 3 is 2.45 bits per heavy atom. The second kappa shape index (κ2) is 13.3. The molecular formula is C21H33IN4O3. The van der Waals surface area contributed by atoms with Gasteiger partial charge in [-0.3, -0.25) is 4.99 Å². The Morgan fingerprint density at radius 1 is 1.10 bits per heavy atom. The summed E-state index contributed by atoms with van der Waals surface area (Å²) in [6.45, 7) is 5.63. The summed E-state index contributed by atoms with van der Waals surface area (Å²) in [6, 6.07) is 7.97. The summed E-state index contributed by atoms with van der Waals surface area (Å²) in [4.78, 5) is 4.26. The summed E-state index contributed by atoms with van der Waals surface area (Å²) in [7, 11) is 5.03. The number of ether oxygens (including phenoxy) is 2. The molecule has 0 amide bonds. The van der Waals surface area contributed by atoms with Crippen LogP contribution in [-0.4, -0.2) is 38.9 Å². The molecule has 0 aliphatic carbocycles. The fourth-order valence-electron chi connectivity index (χ4n) is 3.06. The molecule has 2 rings (SSSR count). The van der Waals surface area contributed by atoms with Gasteiger partial charge in [-0.15, -0.1) is 24.0 Å². The SMILES string of the molecule is CCC(CC)c1cc(CNC(=NC)NCCc2ccc(OC)c(OC)c2)on1.I. The van der Waals surface area contributed by atoms with Gasteiger partial charge >= 0.3 is 0 Å². The van der Waals surface area contributed by atoms with Crippen molar-refractivity contribution in [2.75, 3.05) is 27.8 Å². The number of nitrogens with zero attached hydrogens (tertiary/aromatic N) is 2. The molecule has 0 radical (unpaired) electrons. The van der Waals surface area contributed by atoms with Crippen molar-refractivity contribution in [2.45, 2.75) is 45.6 Å². The van der Waals surface area contributed by atoms with Gasteiger partial charge in [-0.25, -0.2) is 0 Å². The molecule has 162 valence electrons. The fourth-order valence-corrected chi connectivity index (χ4v) is 3.06. The number of hydrogen-bond acceptors (Lipinski definition) is 5. The Hall–Kier alpha value is -1.97. The first-order valence-corrected chi connectivity index (χ1v) is 9.75. The minimum absolute atomic E-state index is 0. The molecule has 0 saturated heterocycles. The van der Waals surface area contributed by atoms with Crippen molar-refractivity contribution in [3.63, 3.8) is 0 Å². The zero-order valence-corrected chi connectivity index (χ0v) is 20.3. The molecule has 0 bridgehead atoms. The second-order valence-corrected chi connectivity index (χ2v) is 6.52. The largest absolute Gasteiger partial charge is 0.493 e. The lowest BCUT2D eigenvalue weighted by Gasteiger charge is -2.12. The van der Waals surface area contributed by atoms with E-state index in [1.54, 1.807) is 21.3 Å². The summed E-state index contributed by atoms with van der Waals surface area (Å²) in [5.41, 5.74) is 2.18. The number of aliphatic imine (C=N–C) groups is 1. The Balaban J connectivity index is 0.00000420. The summed E-state index contributed by atoms with van der Waals surface area (Å²) in [5, 5.41) is 10.8. The second-order valence-electron chi connectivity index (χ2n) is 6.52. The van der Waals surface area contributed by atoms with E-state index in [0.29, 0.717) is 12.5 Å². The minimum atomic E-state index is 0. The highest BCUT2D eigenvalue weighted by atomic mass is 127. The van der Waals surface area contributed by atoms with E-state index < -0.39 is 0 Å². The molecule has 1 aromatic heterocycles. The van der Waals surface area contributed by atoms with Gasteiger partial charge < -0.3 is 24.6 Å². The van der Waals surface area contributed by atoms with Crippen molar-refractivity contribution in [1.29, 1.82) is 0 Å². The monoisotopic (exact) mass is 516 g/mol. The molecule has 0 fully saturated rings. The molecule has 0 atom stereocenters. The highest BCUT2D eigenvalue weighted by molar-refractivity contribution is 14.0. The van der Waals surface area contributed by atoms with Crippen LogP contribution in [0.2, 0.25) is 0 Å². The summed E-state index contributed by atoms with van der Waals surface area (Å²) in [5.74, 6) is 3.46. The maximum Gasteiger partial charge on any atom is 0.191 e. The van der Waals surface area contributed by atoms with E-state index in [-0.39, 0.29) is 24.0 Å². The normalized spacial score (nSPS) is 11.2. The van der Waals surface area contributed by atoms with Crippen LogP contribution >= 0.6 is 24.0 Å². The molecule has 2 N–H and O–H groups in total. The number of benzene rings is 1. The van der Waals surface area contributed by atoms with E-state index in [1.165, 1.54) is 0 Å². The number of methoxy groups -OCH3 is 2. The first kappa shape index (κ1) is 25.1. The molecule has 0 aliphatic rings. The lowest BCUT2D eigenvalue weighted by atomic mass is 9.99. The van der Waals surface area contributed by atoms with Gasteiger partial charge in [0.05, 0.1) is 26.5 Å². The van der Waals surface area contributed by atoms with Gasteiger partial charge in [-0.2, -0.15) is 0 Å². The van der Waals surface area contributed by atoms with Gasteiger partial charge in [0.15, 0.2) is 23.2 Å². The molecule has 0 aliphatic heterocycles. The number of hydrogen-bond donors (Lipinski definition) is 2. The van der Waals surface area contributed by atoms with E-state index in [2.05, 4.69) is 34.6 Å². The molecule has 1 heterocycles. The average Bonchev–Trinajstić information content (AvgIpc) is 3.20. The van der Waals surface area contributed by atoms with E-state index in [4.69, 9.17) is 14.0 Å². The molecule has 0 saturated carbocycles. The zero-order valence-electron chi connectivity index (χ0n) is 17.9. The van der Waals surface area contributed by atoms with E-state index >= 15 is 0 Å². The van der Waals surface area contributed by atoms with Crippen molar-refractivity contribution in [3.05, 3.63) is 41.3 Å². The standard InChI is InChI=1S/C21H32N4O3.HI/c1-6-16(7-2)18-13-17(28-25-18)14-24-21(22-3)23-11-10-15-8-9-19(26-4)20(12-15)27-5;/h8-9,12-13,16H,6-7,10-11,14H2,1-5H3,(H2,22,23,24);1H. The van der Waals surface area contributed by atoms with Crippen LogP contribution in [0, 0.1) is 0 Å². The molecular weight excluding hydrogens is 483 g/mol. The van der Waals surface area contributed by atoms with Crippen molar-refractivity contribution in [1.82, 2.24) is 15.8 Å². The molecule has 29 heavy (non-hydrogen) atoms. The Labute approximate surface area is 190 Å². The quantitative estimate of drug-likeness (QED) is 0.281. The third-order valence-corrected chi connectivity index (χ3v) is 4.79. The van der Waals surface area contributed by atoms with Gasteiger partial charge in [0, 0.05) is 25.6 Å². The van der Waals surface area contributed by atoms with Crippen LogP contribution in [0.15, 0.2) is 33.8 Å². The number of nitrogens with one attached hydrogen (secondary N) is 2. The third kappa shape index (κ3) is 7.41. The van der Waals surface area contributed by atoms with E-state index in [1.807, 2.05) is 24.3 Å². The number of halogens is 1. The van der Waals surface area contributed by atoms with Crippen LogP contribution in [-0.2, 0) is 13.0 Å². The van der Waals surface area contributed by atoms with Gasteiger partial charge in [0.25, 0.3) is 0 Å². The van der Waals surface area contributed by atoms with Crippen LogP contribution in [0.1, 0.15) is 49.6 Å². The van der Waals surface area contributed by atoms with E-state index in [9.17, 15) is 0 Å². The van der Waals surface area contributed by atoms with Gasteiger partial charge in [0.1, 0.15) is 0 Å². The van der Waals surface area contributed by atoms with Crippen molar-refractivity contribution in [3.8, 4) is 11.5 Å². The molecule has 0 spiro atoms.